The minimum atomic E-state index is -1.11. The zero-order valence-electron chi connectivity index (χ0n) is 20.1. The molecule has 2 N–H and O–H groups in total. The van der Waals surface area contributed by atoms with E-state index in [2.05, 4.69) is 15.3 Å². The number of carboxylic acid groups (broad SMARTS) is 1. The van der Waals surface area contributed by atoms with Crippen molar-refractivity contribution in [1.82, 2.24) is 14.9 Å². The molecule has 1 aromatic carbocycles. The molecule has 11 heteroatoms. The number of benzene rings is 1. The molecule has 1 saturated carbocycles. The van der Waals surface area contributed by atoms with Crippen molar-refractivity contribution in [2.75, 3.05) is 18.5 Å². The summed E-state index contributed by atoms with van der Waals surface area (Å²) in [5, 5.41) is 12.3. The number of carboxylic acids is 1. The Labute approximate surface area is 218 Å². The van der Waals surface area contributed by atoms with Crippen LogP contribution < -0.4 is 5.32 Å². The quantitative estimate of drug-likeness (QED) is 0.400. The van der Waals surface area contributed by atoms with Crippen LogP contribution in [0.25, 0.3) is 11.1 Å². The summed E-state index contributed by atoms with van der Waals surface area (Å²) in [6.45, 7) is 0.250. The number of halogens is 2. The number of aliphatic carboxylic acids is 1. The van der Waals surface area contributed by atoms with Crippen LogP contribution in [0.15, 0.2) is 40.8 Å². The molecule has 2 aliphatic rings. The lowest BCUT2D eigenvalue weighted by Crippen LogP contribution is -2.40. The molecule has 2 fully saturated rings. The SMILES string of the molecule is O=C(Cc1ccc(Nc2nc3ccccc3o2)c(Cl)n1)N1C[C@@H](F)C[C@H]1CO[C@H]1CC[C@H](C(=O)O)CC1. The highest BCUT2D eigenvalue weighted by Gasteiger charge is 2.36. The highest BCUT2D eigenvalue weighted by atomic mass is 35.5. The lowest BCUT2D eigenvalue weighted by molar-refractivity contribution is -0.144. The fraction of sp³-hybridized carbons (Fsp3) is 0.462. The number of alkyl halides is 1. The van der Waals surface area contributed by atoms with E-state index in [1.807, 2.05) is 24.3 Å². The average Bonchev–Trinajstić information content (AvgIpc) is 3.47. The molecule has 1 aliphatic carbocycles. The maximum absolute atomic E-state index is 14.3. The summed E-state index contributed by atoms with van der Waals surface area (Å²) in [7, 11) is 0. The van der Waals surface area contributed by atoms with E-state index in [-0.39, 0.29) is 61.1 Å². The van der Waals surface area contributed by atoms with E-state index in [4.69, 9.17) is 25.9 Å². The first-order valence-electron chi connectivity index (χ1n) is 12.4. The Balaban J connectivity index is 1.17. The molecular weight excluding hydrogens is 503 g/mol. The molecule has 0 spiro atoms. The zero-order valence-corrected chi connectivity index (χ0v) is 20.9. The molecular formula is C26H28ClFN4O5. The van der Waals surface area contributed by atoms with Crippen LogP contribution in [0.1, 0.15) is 37.8 Å². The van der Waals surface area contributed by atoms with Gasteiger partial charge in [-0.1, -0.05) is 23.7 Å². The standard InChI is InChI=1S/C26H28ClFN4O5/c27-24-21(31-26-30-20-3-1-2-4-22(20)37-26)10-7-17(29-24)12-23(33)32-13-16(28)11-18(32)14-36-19-8-5-15(6-9-19)25(34)35/h1-4,7,10,15-16,18-19H,5-6,8-9,11-14H2,(H,30,31)(H,34,35)/t15-,16-,18-,19-/m0/s1. The number of anilines is 2. The lowest BCUT2D eigenvalue weighted by Gasteiger charge is -2.29. The van der Waals surface area contributed by atoms with Crippen LogP contribution in [-0.2, 0) is 20.7 Å². The minimum absolute atomic E-state index is 0.0176. The van der Waals surface area contributed by atoms with E-state index in [0.717, 1.165) is 0 Å². The molecule has 0 unspecified atom stereocenters. The molecule has 3 aromatic rings. The van der Waals surface area contributed by atoms with Crippen LogP contribution in [0.5, 0.6) is 0 Å². The molecule has 5 rings (SSSR count). The molecule has 2 aromatic heterocycles. The van der Waals surface area contributed by atoms with Crippen LogP contribution in [0.3, 0.4) is 0 Å². The van der Waals surface area contributed by atoms with E-state index >= 15 is 0 Å². The van der Waals surface area contributed by atoms with Gasteiger partial charge in [-0.15, -0.1) is 0 Å². The Morgan fingerprint density at radius 2 is 1.95 bits per heavy atom. The van der Waals surface area contributed by atoms with Crippen LogP contribution >= 0.6 is 11.6 Å². The Hall–Kier alpha value is -3.24. The number of hydrogen-bond donors (Lipinski definition) is 2. The Morgan fingerprint density at radius 1 is 1.16 bits per heavy atom. The van der Waals surface area contributed by atoms with Crippen molar-refractivity contribution in [2.24, 2.45) is 5.92 Å². The van der Waals surface area contributed by atoms with E-state index in [1.165, 1.54) is 4.90 Å². The van der Waals surface area contributed by atoms with Gasteiger partial charge in [-0.25, -0.2) is 9.37 Å². The molecule has 1 amide bonds. The smallest absolute Gasteiger partial charge is 0.306 e. The molecule has 1 saturated heterocycles. The molecule has 0 bridgehead atoms. The third kappa shape index (κ3) is 6.02. The first-order chi connectivity index (χ1) is 17.9. The number of rotatable bonds is 8. The second kappa shape index (κ2) is 11.0. The van der Waals surface area contributed by atoms with E-state index in [0.29, 0.717) is 48.2 Å². The number of hydrogen-bond acceptors (Lipinski definition) is 7. The van der Waals surface area contributed by atoms with Gasteiger partial charge >= 0.3 is 5.97 Å². The normalized spacial score (nSPS) is 23.9. The predicted octanol–water partition coefficient (Wildman–Crippen LogP) is 4.76. The molecule has 9 nitrogen and oxygen atoms in total. The summed E-state index contributed by atoms with van der Waals surface area (Å²) < 4.78 is 25.9. The first kappa shape index (κ1) is 25.4. The molecule has 0 radical (unpaired) electrons. The van der Waals surface area contributed by atoms with Crippen molar-refractivity contribution < 1.29 is 28.2 Å². The second-order valence-electron chi connectivity index (χ2n) is 9.61. The summed E-state index contributed by atoms with van der Waals surface area (Å²) >= 11 is 6.35. The largest absolute Gasteiger partial charge is 0.481 e. The maximum Gasteiger partial charge on any atom is 0.306 e. The zero-order chi connectivity index (χ0) is 25.9. The average molecular weight is 531 g/mol. The third-order valence-electron chi connectivity index (χ3n) is 7.01. The van der Waals surface area contributed by atoms with Crippen molar-refractivity contribution in [3.05, 3.63) is 47.2 Å². The highest BCUT2D eigenvalue weighted by molar-refractivity contribution is 6.32. The molecule has 3 heterocycles. The topological polar surface area (TPSA) is 118 Å². The van der Waals surface area contributed by atoms with Gasteiger partial charge in [0.05, 0.1) is 49.0 Å². The molecule has 2 atom stereocenters. The van der Waals surface area contributed by atoms with Gasteiger partial charge in [-0.3, -0.25) is 9.59 Å². The van der Waals surface area contributed by atoms with Crippen LogP contribution in [0.4, 0.5) is 16.1 Å². The fourth-order valence-electron chi connectivity index (χ4n) is 5.01. The number of carbonyl (C=O) groups excluding carboxylic acids is 1. The molecule has 1 aliphatic heterocycles. The fourth-order valence-corrected chi connectivity index (χ4v) is 5.23. The molecule has 37 heavy (non-hydrogen) atoms. The van der Waals surface area contributed by atoms with Crippen molar-refractivity contribution in [3.63, 3.8) is 0 Å². The second-order valence-corrected chi connectivity index (χ2v) is 9.97. The Bertz CT molecular complexity index is 1250. The van der Waals surface area contributed by atoms with E-state index in [9.17, 15) is 14.0 Å². The van der Waals surface area contributed by atoms with E-state index < -0.39 is 12.1 Å². The number of pyridine rings is 1. The predicted molar refractivity (Wildman–Crippen MR) is 135 cm³/mol. The summed E-state index contributed by atoms with van der Waals surface area (Å²) in [5.41, 5.74) is 2.30. The number of ether oxygens (including phenoxy) is 1. The first-order valence-corrected chi connectivity index (χ1v) is 12.8. The van der Waals surface area contributed by atoms with Crippen LogP contribution in [0.2, 0.25) is 5.15 Å². The van der Waals surface area contributed by atoms with Gasteiger partial charge in [0.2, 0.25) is 5.91 Å². The number of carbonyl (C=O) groups is 2. The summed E-state index contributed by atoms with van der Waals surface area (Å²) in [6, 6.07) is 10.7. The van der Waals surface area contributed by atoms with Crippen LogP contribution in [-0.4, -0.2) is 63.3 Å². The Morgan fingerprint density at radius 3 is 2.68 bits per heavy atom. The van der Waals surface area contributed by atoms with Crippen LogP contribution in [0, 0.1) is 5.92 Å². The Kier molecular flexibility index (Phi) is 7.57. The number of amides is 1. The maximum atomic E-state index is 14.3. The number of fused-ring (bicyclic) bond motifs is 1. The summed E-state index contributed by atoms with van der Waals surface area (Å²) in [5.74, 6) is -1.34. The van der Waals surface area contributed by atoms with Gasteiger partial charge in [0, 0.05) is 6.42 Å². The summed E-state index contributed by atoms with van der Waals surface area (Å²) in [4.78, 5) is 34.4. The number of likely N-dealkylation sites (tertiary alicyclic amines) is 1. The lowest BCUT2D eigenvalue weighted by atomic mass is 9.87. The van der Waals surface area contributed by atoms with Gasteiger partial charge in [0.1, 0.15) is 11.7 Å². The number of oxazole rings is 1. The molecule has 196 valence electrons. The minimum Gasteiger partial charge on any atom is -0.481 e. The highest BCUT2D eigenvalue weighted by Crippen LogP contribution is 2.29. The van der Waals surface area contributed by atoms with Gasteiger partial charge in [0.25, 0.3) is 6.01 Å². The van der Waals surface area contributed by atoms with Gasteiger partial charge in [0.15, 0.2) is 10.7 Å². The monoisotopic (exact) mass is 530 g/mol. The number of aromatic nitrogens is 2. The number of nitrogens with one attached hydrogen (secondary N) is 1. The number of para-hydroxylation sites is 2. The third-order valence-corrected chi connectivity index (χ3v) is 7.29. The summed E-state index contributed by atoms with van der Waals surface area (Å²) in [6.07, 6.45) is 1.48. The van der Waals surface area contributed by atoms with Crippen molar-refractivity contribution in [1.29, 1.82) is 0 Å². The van der Waals surface area contributed by atoms with E-state index in [1.54, 1.807) is 12.1 Å². The van der Waals surface area contributed by atoms with Crippen molar-refractivity contribution in [2.45, 2.75) is 56.8 Å². The van der Waals surface area contributed by atoms with Gasteiger partial charge < -0.3 is 24.5 Å². The van der Waals surface area contributed by atoms with Gasteiger partial charge in [-0.05, 0) is 49.9 Å². The van der Waals surface area contributed by atoms with Crippen molar-refractivity contribution >= 4 is 46.3 Å². The van der Waals surface area contributed by atoms with Gasteiger partial charge in [-0.2, -0.15) is 4.98 Å². The van der Waals surface area contributed by atoms with Crippen molar-refractivity contribution in [3.8, 4) is 0 Å². The number of nitrogens with zero attached hydrogens (tertiary/aromatic N) is 3.